The van der Waals surface area contributed by atoms with Gasteiger partial charge in [-0.15, -0.1) is 6.58 Å². The third kappa shape index (κ3) is 12.7. The van der Waals surface area contributed by atoms with Gasteiger partial charge in [0.2, 0.25) is 0 Å². The van der Waals surface area contributed by atoms with Crippen molar-refractivity contribution in [3.63, 3.8) is 0 Å². The number of rotatable bonds is 1. The molecule has 0 saturated heterocycles. The van der Waals surface area contributed by atoms with Crippen molar-refractivity contribution in [2.24, 2.45) is 0 Å². The molecule has 0 aliphatic rings. The molecule has 0 aliphatic carbocycles. The minimum Gasteiger partial charge on any atom is -0.392 e. The van der Waals surface area contributed by atoms with E-state index in [0.29, 0.717) is 0 Å². The normalized spacial score (nSPS) is 5.00. The van der Waals surface area contributed by atoms with E-state index in [1.54, 1.807) is 0 Å². The molecule has 1 radical (unpaired) electrons. The fourth-order valence-corrected chi connectivity index (χ4v) is 0. The Labute approximate surface area is 47.2 Å². The second-order valence-corrected chi connectivity index (χ2v) is 0.471. The predicted molar refractivity (Wildman–Crippen MR) is 17.3 cm³/mol. The quantitative estimate of drug-likeness (QED) is 0.523. The van der Waals surface area contributed by atoms with Crippen LogP contribution in [0.3, 0.4) is 0 Å². The van der Waals surface area contributed by atoms with E-state index >= 15 is 0 Å². The van der Waals surface area contributed by atoms with E-state index < -0.39 is 0 Å². The SMILES string of the molecule is C=CCO.[Au]. The van der Waals surface area contributed by atoms with E-state index in [1.165, 1.54) is 6.08 Å². The van der Waals surface area contributed by atoms with Crippen molar-refractivity contribution in [2.45, 2.75) is 0 Å². The molecule has 0 amide bonds. The molecule has 0 aromatic rings. The Morgan fingerprint density at radius 1 is 1.80 bits per heavy atom. The van der Waals surface area contributed by atoms with Gasteiger partial charge in [0.15, 0.2) is 0 Å². The first-order valence-electron chi connectivity index (χ1n) is 1.13. The second kappa shape index (κ2) is 8.83. The number of hydrogen-bond acceptors (Lipinski definition) is 1. The van der Waals surface area contributed by atoms with Crippen LogP contribution >= 0.6 is 0 Å². The molecule has 5 heavy (non-hydrogen) atoms. The first-order valence-corrected chi connectivity index (χ1v) is 1.13. The van der Waals surface area contributed by atoms with E-state index in [0.717, 1.165) is 0 Å². The fraction of sp³-hybridized carbons (Fsp3) is 0.333. The Morgan fingerprint density at radius 3 is 2.00 bits per heavy atom. The van der Waals surface area contributed by atoms with Crippen LogP contribution in [0, 0.1) is 0 Å². The summed E-state index contributed by atoms with van der Waals surface area (Å²) in [5.74, 6) is 0. The first kappa shape index (κ1) is 9.06. The Balaban J connectivity index is 0. The van der Waals surface area contributed by atoms with Gasteiger partial charge >= 0.3 is 0 Å². The average Bonchev–Trinajstić information content (AvgIpc) is 1.37. The van der Waals surface area contributed by atoms with Crippen LogP contribution in [0.25, 0.3) is 0 Å². The maximum absolute atomic E-state index is 7.76. The zero-order valence-corrected chi connectivity index (χ0v) is 4.91. The molecular formula is C3H6AuO. The van der Waals surface area contributed by atoms with Crippen molar-refractivity contribution < 1.29 is 27.5 Å². The summed E-state index contributed by atoms with van der Waals surface area (Å²) >= 11 is 0. The summed E-state index contributed by atoms with van der Waals surface area (Å²) in [6.45, 7) is 3.31. The molecule has 0 rings (SSSR count). The van der Waals surface area contributed by atoms with Crippen molar-refractivity contribution in [3.8, 4) is 0 Å². The Kier molecular flexibility index (Phi) is 16.0. The van der Waals surface area contributed by atoms with Crippen molar-refractivity contribution in [2.75, 3.05) is 6.61 Å². The van der Waals surface area contributed by atoms with Gasteiger partial charge in [0, 0.05) is 22.4 Å². The van der Waals surface area contributed by atoms with Crippen LogP contribution in [-0.4, -0.2) is 11.7 Å². The predicted octanol–water partition coefficient (Wildman–Crippen LogP) is 0.162. The first-order chi connectivity index (χ1) is 1.91. The van der Waals surface area contributed by atoms with Crippen LogP contribution in [0.5, 0.6) is 0 Å². The molecule has 2 heteroatoms. The maximum Gasteiger partial charge on any atom is 0.0609 e. The van der Waals surface area contributed by atoms with Crippen molar-refractivity contribution in [1.82, 2.24) is 0 Å². The molecule has 1 nitrogen and oxygen atoms in total. The molecule has 0 unspecified atom stereocenters. The molecule has 1 N–H and O–H groups in total. The summed E-state index contributed by atoms with van der Waals surface area (Å²) < 4.78 is 0. The molecule has 0 heterocycles. The Morgan fingerprint density at radius 2 is 2.00 bits per heavy atom. The average molecular weight is 255 g/mol. The van der Waals surface area contributed by atoms with E-state index in [1.807, 2.05) is 0 Å². The molecule has 0 bridgehead atoms. The molecule has 0 aromatic heterocycles. The van der Waals surface area contributed by atoms with Crippen molar-refractivity contribution >= 4 is 0 Å². The van der Waals surface area contributed by atoms with Gasteiger partial charge in [-0.1, -0.05) is 6.08 Å². The number of aliphatic hydroxyl groups excluding tert-OH is 1. The largest absolute Gasteiger partial charge is 0.392 e. The molecule has 0 spiro atoms. The molecular weight excluding hydrogens is 249 g/mol. The van der Waals surface area contributed by atoms with Crippen molar-refractivity contribution in [3.05, 3.63) is 12.7 Å². The molecule has 0 fully saturated rings. The summed E-state index contributed by atoms with van der Waals surface area (Å²) in [6.07, 6.45) is 1.43. The summed E-state index contributed by atoms with van der Waals surface area (Å²) in [4.78, 5) is 0. The molecule has 0 saturated carbocycles. The topological polar surface area (TPSA) is 20.2 Å². The van der Waals surface area contributed by atoms with Crippen LogP contribution in [0.2, 0.25) is 0 Å². The Hall–Kier alpha value is 0.440. The van der Waals surface area contributed by atoms with E-state index in [-0.39, 0.29) is 29.0 Å². The zero-order valence-electron chi connectivity index (χ0n) is 2.74. The maximum atomic E-state index is 7.76. The fourth-order valence-electron chi connectivity index (χ4n) is 0. The number of hydrogen-bond donors (Lipinski definition) is 1. The van der Waals surface area contributed by atoms with E-state index in [2.05, 4.69) is 6.58 Å². The molecule has 0 atom stereocenters. The third-order valence-corrected chi connectivity index (χ3v) is 0.129. The van der Waals surface area contributed by atoms with Crippen LogP contribution in [0.15, 0.2) is 12.7 Å². The second-order valence-electron chi connectivity index (χ2n) is 0.471. The monoisotopic (exact) mass is 255 g/mol. The summed E-state index contributed by atoms with van der Waals surface area (Å²) in [5, 5.41) is 7.76. The van der Waals surface area contributed by atoms with Gasteiger partial charge in [-0.25, -0.2) is 0 Å². The number of aliphatic hydroxyl groups is 1. The minimum atomic E-state index is 0. The van der Waals surface area contributed by atoms with Crippen LogP contribution in [-0.2, 0) is 22.4 Å². The minimum absolute atomic E-state index is 0. The molecule has 0 aliphatic heterocycles. The van der Waals surface area contributed by atoms with Crippen LogP contribution in [0.1, 0.15) is 0 Å². The summed E-state index contributed by atoms with van der Waals surface area (Å²) in [7, 11) is 0. The summed E-state index contributed by atoms with van der Waals surface area (Å²) in [5.41, 5.74) is 0. The third-order valence-electron chi connectivity index (χ3n) is 0.129. The van der Waals surface area contributed by atoms with Gasteiger partial charge in [-0.05, 0) is 0 Å². The van der Waals surface area contributed by atoms with Crippen LogP contribution < -0.4 is 0 Å². The Bertz CT molecular complexity index is 20.9. The molecule has 0 aromatic carbocycles. The van der Waals surface area contributed by atoms with Gasteiger partial charge in [0.05, 0.1) is 6.61 Å². The molecule has 35 valence electrons. The van der Waals surface area contributed by atoms with Crippen LogP contribution in [0.4, 0.5) is 0 Å². The van der Waals surface area contributed by atoms with Crippen molar-refractivity contribution in [1.29, 1.82) is 0 Å². The van der Waals surface area contributed by atoms with E-state index in [9.17, 15) is 0 Å². The zero-order chi connectivity index (χ0) is 3.41. The van der Waals surface area contributed by atoms with Gasteiger partial charge < -0.3 is 5.11 Å². The smallest absolute Gasteiger partial charge is 0.0609 e. The van der Waals surface area contributed by atoms with Gasteiger partial charge in [-0.2, -0.15) is 0 Å². The summed E-state index contributed by atoms with van der Waals surface area (Å²) in [6, 6.07) is 0. The van der Waals surface area contributed by atoms with Gasteiger partial charge in [0.1, 0.15) is 0 Å². The van der Waals surface area contributed by atoms with Gasteiger partial charge in [-0.3, -0.25) is 0 Å². The standard InChI is InChI=1S/C3H6O.Au/c1-2-3-4;/h2,4H,1,3H2;. The van der Waals surface area contributed by atoms with E-state index in [4.69, 9.17) is 5.11 Å². The van der Waals surface area contributed by atoms with Gasteiger partial charge in [0.25, 0.3) is 0 Å².